The highest BCUT2D eigenvalue weighted by Crippen LogP contribution is 2.16. The maximum atomic E-state index is 12.2. The Kier molecular flexibility index (Phi) is 6.73. The van der Waals surface area contributed by atoms with Gasteiger partial charge in [-0.05, 0) is 23.3 Å². The smallest absolute Gasteiger partial charge is 0.273 e. The predicted molar refractivity (Wildman–Crippen MR) is 94.1 cm³/mol. The van der Waals surface area contributed by atoms with Crippen molar-refractivity contribution in [3.05, 3.63) is 78.4 Å². The van der Waals surface area contributed by atoms with Crippen LogP contribution in [-0.2, 0) is 9.53 Å². The van der Waals surface area contributed by atoms with Gasteiger partial charge in [0.2, 0.25) is 0 Å². The van der Waals surface area contributed by atoms with E-state index in [2.05, 4.69) is 17.1 Å². The number of carbonyl (C=O) groups is 1. The van der Waals surface area contributed by atoms with Crippen molar-refractivity contribution in [1.29, 1.82) is 0 Å². The van der Waals surface area contributed by atoms with Gasteiger partial charge in [0.1, 0.15) is 12.4 Å². The minimum Gasteiger partial charge on any atom is -0.490 e. The Morgan fingerprint density at radius 1 is 1.25 bits per heavy atom. The van der Waals surface area contributed by atoms with Crippen molar-refractivity contribution < 1.29 is 14.3 Å². The lowest BCUT2D eigenvalue weighted by Crippen LogP contribution is -2.26. The Hall–Kier alpha value is -2.92. The molecule has 0 aliphatic heterocycles. The summed E-state index contributed by atoms with van der Waals surface area (Å²) >= 11 is 0. The predicted octanol–water partition coefficient (Wildman–Crippen LogP) is 3.09. The number of hydrogen-bond donors (Lipinski definition) is 1. The maximum Gasteiger partial charge on any atom is 0.273 e. The fourth-order valence-electron chi connectivity index (χ4n) is 2.09. The van der Waals surface area contributed by atoms with E-state index < -0.39 is 6.10 Å². The normalized spacial score (nSPS) is 11.9. The molecule has 2 aromatic rings. The van der Waals surface area contributed by atoms with E-state index in [0.29, 0.717) is 12.4 Å². The highest BCUT2D eigenvalue weighted by atomic mass is 16.5. The number of benzene rings is 2. The fraction of sp³-hybridized carbons (Fsp3) is 0.158. The Morgan fingerprint density at radius 2 is 2.04 bits per heavy atom. The van der Waals surface area contributed by atoms with Gasteiger partial charge in [-0.1, -0.05) is 55.1 Å². The number of amides is 1. The molecule has 0 aromatic heterocycles. The van der Waals surface area contributed by atoms with E-state index >= 15 is 0 Å². The molecule has 0 spiro atoms. The summed E-state index contributed by atoms with van der Waals surface area (Å²) in [5.74, 6) is 0.378. The molecular weight excluding hydrogens is 304 g/mol. The lowest BCUT2D eigenvalue weighted by molar-refractivity contribution is -0.131. The van der Waals surface area contributed by atoms with Crippen LogP contribution >= 0.6 is 0 Å². The van der Waals surface area contributed by atoms with Gasteiger partial charge in [-0.3, -0.25) is 4.79 Å². The second-order valence-electron chi connectivity index (χ2n) is 4.93. The van der Waals surface area contributed by atoms with Crippen LogP contribution in [0.2, 0.25) is 0 Å². The molecule has 1 atom stereocenters. The average Bonchev–Trinajstić information content (AvgIpc) is 2.62. The average molecular weight is 324 g/mol. The van der Waals surface area contributed by atoms with E-state index in [-0.39, 0.29) is 5.91 Å². The zero-order chi connectivity index (χ0) is 17.2. The van der Waals surface area contributed by atoms with Crippen molar-refractivity contribution in [2.45, 2.75) is 6.10 Å². The number of methoxy groups -OCH3 is 1. The van der Waals surface area contributed by atoms with Crippen LogP contribution < -0.4 is 10.2 Å². The van der Waals surface area contributed by atoms with E-state index in [1.165, 1.54) is 7.11 Å². The molecule has 124 valence electrons. The SMILES string of the molecule is C=CCOc1cccc(/C=N\NC(=O)[C@H](OC)c2ccccc2)c1. The fourth-order valence-corrected chi connectivity index (χ4v) is 2.09. The lowest BCUT2D eigenvalue weighted by Gasteiger charge is -2.13. The molecule has 24 heavy (non-hydrogen) atoms. The van der Waals surface area contributed by atoms with E-state index in [4.69, 9.17) is 9.47 Å². The molecule has 0 bridgehead atoms. The molecular formula is C19H20N2O3. The molecule has 0 unspecified atom stereocenters. The number of nitrogens with zero attached hydrogens (tertiary/aromatic N) is 1. The third-order valence-electron chi connectivity index (χ3n) is 3.19. The Bertz CT molecular complexity index is 699. The van der Waals surface area contributed by atoms with Crippen molar-refractivity contribution >= 4 is 12.1 Å². The maximum absolute atomic E-state index is 12.2. The molecule has 1 N–H and O–H groups in total. The van der Waals surface area contributed by atoms with Crippen LogP contribution in [-0.4, -0.2) is 25.8 Å². The molecule has 0 saturated heterocycles. The Balaban J connectivity index is 1.97. The van der Waals surface area contributed by atoms with Gasteiger partial charge in [-0.15, -0.1) is 0 Å². The molecule has 1 amide bonds. The largest absolute Gasteiger partial charge is 0.490 e. The van der Waals surface area contributed by atoms with Gasteiger partial charge >= 0.3 is 0 Å². The summed E-state index contributed by atoms with van der Waals surface area (Å²) in [5.41, 5.74) is 4.07. The summed E-state index contributed by atoms with van der Waals surface area (Å²) in [6, 6.07) is 16.6. The molecule has 0 heterocycles. The van der Waals surface area contributed by atoms with Gasteiger partial charge in [-0.25, -0.2) is 5.43 Å². The molecule has 0 radical (unpaired) electrons. The van der Waals surface area contributed by atoms with E-state index in [0.717, 1.165) is 11.1 Å². The third-order valence-corrected chi connectivity index (χ3v) is 3.19. The molecule has 0 saturated carbocycles. The zero-order valence-corrected chi connectivity index (χ0v) is 13.5. The van der Waals surface area contributed by atoms with Gasteiger partial charge < -0.3 is 9.47 Å². The highest BCUT2D eigenvalue weighted by Gasteiger charge is 2.18. The van der Waals surface area contributed by atoms with Crippen LogP contribution in [0.3, 0.4) is 0 Å². The van der Waals surface area contributed by atoms with Gasteiger partial charge in [0.25, 0.3) is 5.91 Å². The number of hydrazone groups is 1. The summed E-state index contributed by atoms with van der Waals surface area (Å²) in [6.45, 7) is 4.04. The van der Waals surface area contributed by atoms with E-state index in [1.54, 1.807) is 12.3 Å². The summed E-state index contributed by atoms with van der Waals surface area (Å²) in [6.07, 6.45) is 2.52. The lowest BCUT2D eigenvalue weighted by atomic mass is 10.1. The summed E-state index contributed by atoms with van der Waals surface area (Å²) < 4.78 is 10.7. The van der Waals surface area contributed by atoms with Crippen LogP contribution in [0.5, 0.6) is 5.75 Å². The zero-order valence-electron chi connectivity index (χ0n) is 13.5. The first-order valence-electron chi connectivity index (χ1n) is 7.49. The molecule has 5 heteroatoms. The first kappa shape index (κ1) is 17.4. The minimum atomic E-state index is -0.703. The summed E-state index contributed by atoms with van der Waals surface area (Å²) in [5, 5.41) is 3.98. The van der Waals surface area contributed by atoms with Crippen molar-refractivity contribution in [1.82, 2.24) is 5.43 Å². The van der Waals surface area contributed by atoms with Crippen molar-refractivity contribution in [3.63, 3.8) is 0 Å². The van der Waals surface area contributed by atoms with E-state index in [1.807, 2.05) is 54.6 Å². The standard InChI is InChI=1S/C19H20N2O3/c1-3-12-24-17-11-7-8-15(13-17)14-20-21-19(22)18(23-2)16-9-5-4-6-10-16/h3-11,13-14,18H,1,12H2,2H3,(H,21,22)/b20-14-/t18-/m1/s1. The van der Waals surface area contributed by atoms with Crippen molar-refractivity contribution in [2.75, 3.05) is 13.7 Å². The number of ether oxygens (including phenoxy) is 2. The first-order valence-corrected chi connectivity index (χ1v) is 7.49. The number of carbonyl (C=O) groups excluding carboxylic acids is 1. The molecule has 0 aliphatic rings. The number of nitrogens with one attached hydrogen (secondary N) is 1. The highest BCUT2D eigenvalue weighted by molar-refractivity contribution is 5.85. The first-order chi connectivity index (χ1) is 11.7. The Labute approximate surface area is 141 Å². The molecule has 0 aliphatic carbocycles. The molecule has 2 rings (SSSR count). The Morgan fingerprint density at radius 3 is 2.75 bits per heavy atom. The molecule has 5 nitrogen and oxygen atoms in total. The van der Waals surface area contributed by atoms with Crippen LogP contribution in [0.15, 0.2) is 72.4 Å². The van der Waals surface area contributed by atoms with Gasteiger partial charge in [0, 0.05) is 7.11 Å². The molecule has 0 fully saturated rings. The minimum absolute atomic E-state index is 0.334. The molecule has 2 aromatic carbocycles. The van der Waals surface area contributed by atoms with Gasteiger partial charge in [-0.2, -0.15) is 5.10 Å². The quantitative estimate of drug-likeness (QED) is 0.461. The second kappa shape index (κ2) is 9.27. The number of rotatable bonds is 8. The van der Waals surface area contributed by atoms with Crippen LogP contribution in [0, 0.1) is 0 Å². The monoisotopic (exact) mass is 324 g/mol. The van der Waals surface area contributed by atoms with Crippen molar-refractivity contribution in [2.24, 2.45) is 5.10 Å². The van der Waals surface area contributed by atoms with E-state index in [9.17, 15) is 4.79 Å². The van der Waals surface area contributed by atoms with Crippen LogP contribution in [0.4, 0.5) is 0 Å². The topological polar surface area (TPSA) is 59.9 Å². The van der Waals surface area contributed by atoms with Gasteiger partial charge in [0.05, 0.1) is 6.21 Å². The third kappa shape index (κ3) is 5.07. The number of hydrogen-bond acceptors (Lipinski definition) is 4. The second-order valence-corrected chi connectivity index (χ2v) is 4.93. The summed E-state index contributed by atoms with van der Waals surface area (Å²) in [7, 11) is 1.49. The van der Waals surface area contributed by atoms with Crippen LogP contribution in [0.25, 0.3) is 0 Å². The van der Waals surface area contributed by atoms with Crippen LogP contribution in [0.1, 0.15) is 17.2 Å². The van der Waals surface area contributed by atoms with Gasteiger partial charge in [0.15, 0.2) is 6.10 Å². The summed E-state index contributed by atoms with van der Waals surface area (Å²) in [4.78, 5) is 12.2. The van der Waals surface area contributed by atoms with Crippen molar-refractivity contribution in [3.8, 4) is 5.75 Å².